The number of anilines is 1. The second kappa shape index (κ2) is 7.21. The number of thioether (sulfide) groups is 1. The summed E-state index contributed by atoms with van der Waals surface area (Å²) in [5, 5.41) is 4.98. The fraction of sp³-hybridized carbons (Fsp3) is 0.0625. The zero-order valence-corrected chi connectivity index (χ0v) is 15.0. The first kappa shape index (κ1) is 16.8. The number of para-hydroxylation sites is 1. The van der Waals surface area contributed by atoms with E-state index in [2.05, 4.69) is 15.7 Å². The molecule has 1 aromatic heterocycles. The van der Waals surface area contributed by atoms with Gasteiger partial charge < -0.3 is 5.32 Å². The van der Waals surface area contributed by atoms with Crippen molar-refractivity contribution in [2.75, 3.05) is 17.0 Å². The lowest BCUT2D eigenvalue weighted by Crippen LogP contribution is -2.37. The number of hydrogen-bond acceptors (Lipinski definition) is 4. The molecule has 0 aliphatic heterocycles. The van der Waals surface area contributed by atoms with Crippen molar-refractivity contribution in [2.24, 2.45) is 0 Å². The maximum Gasteiger partial charge on any atom is 0.281 e. The minimum absolute atomic E-state index is 0.204. The molecule has 0 atom stereocenters. The fourth-order valence-corrected chi connectivity index (χ4v) is 2.98. The van der Waals surface area contributed by atoms with Crippen molar-refractivity contribution in [1.82, 2.24) is 9.66 Å². The van der Waals surface area contributed by atoms with Crippen LogP contribution >= 0.6 is 35.6 Å². The smallest absolute Gasteiger partial charge is 0.281 e. The van der Waals surface area contributed by atoms with Gasteiger partial charge in [0.25, 0.3) is 5.56 Å². The standard InChI is InChI=1S/C16H13ClN4OS2/c1-24-16-19-13-5-3-2-4-12(13)14(22)21(16)20-15(23)18-11-8-6-10(17)7-9-11/h2-9H,1H3,(H2,18,20,23). The lowest BCUT2D eigenvalue weighted by molar-refractivity contribution is 0.770. The van der Waals surface area contributed by atoms with Gasteiger partial charge in [0.1, 0.15) is 0 Å². The Hall–Kier alpha value is -2.09. The van der Waals surface area contributed by atoms with E-state index in [1.807, 2.05) is 18.4 Å². The number of halogens is 1. The number of hydrogen-bond donors (Lipinski definition) is 2. The number of benzene rings is 2. The van der Waals surface area contributed by atoms with Crippen LogP contribution in [0.25, 0.3) is 10.9 Å². The minimum atomic E-state index is -0.204. The second-order valence-electron chi connectivity index (χ2n) is 4.83. The van der Waals surface area contributed by atoms with Gasteiger partial charge in [-0.25, -0.2) is 4.98 Å². The van der Waals surface area contributed by atoms with Gasteiger partial charge in [-0.2, -0.15) is 4.68 Å². The molecular formula is C16H13ClN4OS2. The van der Waals surface area contributed by atoms with E-state index in [1.165, 1.54) is 16.4 Å². The van der Waals surface area contributed by atoms with Gasteiger partial charge in [0.15, 0.2) is 10.3 Å². The van der Waals surface area contributed by atoms with Crippen molar-refractivity contribution in [3.63, 3.8) is 0 Å². The predicted molar refractivity (Wildman–Crippen MR) is 105 cm³/mol. The summed E-state index contributed by atoms with van der Waals surface area (Å²) in [6.07, 6.45) is 1.85. The molecule has 0 fully saturated rings. The molecule has 0 saturated carbocycles. The van der Waals surface area contributed by atoms with Crippen LogP contribution in [0.15, 0.2) is 58.5 Å². The third-order valence-corrected chi connectivity index (χ3v) is 4.33. The van der Waals surface area contributed by atoms with E-state index in [0.29, 0.717) is 21.1 Å². The minimum Gasteiger partial charge on any atom is -0.331 e. The second-order valence-corrected chi connectivity index (χ2v) is 6.45. The maximum absolute atomic E-state index is 12.7. The van der Waals surface area contributed by atoms with Crippen LogP contribution < -0.4 is 16.3 Å². The molecule has 5 nitrogen and oxygen atoms in total. The van der Waals surface area contributed by atoms with Crippen molar-refractivity contribution in [2.45, 2.75) is 5.16 Å². The van der Waals surface area contributed by atoms with Crippen molar-refractivity contribution in [3.8, 4) is 0 Å². The molecule has 0 aliphatic rings. The normalized spacial score (nSPS) is 10.6. The van der Waals surface area contributed by atoms with Crippen molar-refractivity contribution in [3.05, 3.63) is 63.9 Å². The van der Waals surface area contributed by atoms with Gasteiger partial charge in [0, 0.05) is 10.7 Å². The average Bonchev–Trinajstić information content (AvgIpc) is 2.59. The van der Waals surface area contributed by atoms with Crippen molar-refractivity contribution < 1.29 is 0 Å². The largest absolute Gasteiger partial charge is 0.331 e. The topological polar surface area (TPSA) is 59.0 Å². The molecular weight excluding hydrogens is 364 g/mol. The highest BCUT2D eigenvalue weighted by molar-refractivity contribution is 7.98. The van der Waals surface area contributed by atoms with Gasteiger partial charge in [-0.1, -0.05) is 35.5 Å². The molecule has 0 unspecified atom stereocenters. The third-order valence-electron chi connectivity index (χ3n) is 3.24. The molecule has 3 aromatic rings. The Morgan fingerprint density at radius 3 is 2.62 bits per heavy atom. The summed E-state index contributed by atoms with van der Waals surface area (Å²) in [7, 11) is 0. The number of fused-ring (bicyclic) bond motifs is 1. The van der Waals surface area contributed by atoms with Gasteiger partial charge in [0.2, 0.25) is 0 Å². The lowest BCUT2D eigenvalue weighted by atomic mass is 10.2. The Morgan fingerprint density at radius 1 is 1.21 bits per heavy atom. The lowest BCUT2D eigenvalue weighted by Gasteiger charge is -2.15. The van der Waals surface area contributed by atoms with Crippen molar-refractivity contribution in [1.29, 1.82) is 0 Å². The Labute approximate surface area is 153 Å². The van der Waals surface area contributed by atoms with Crippen LogP contribution in [0.1, 0.15) is 0 Å². The first-order chi connectivity index (χ1) is 11.6. The molecule has 3 rings (SSSR count). The van der Waals surface area contributed by atoms with E-state index in [0.717, 1.165) is 5.69 Å². The summed E-state index contributed by atoms with van der Waals surface area (Å²) in [6, 6.07) is 14.3. The van der Waals surface area contributed by atoms with Crippen LogP contribution in [0.2, 0.25) is 5.02 Å². The van der Waals surface area contributed by atoms with Crippen LogP contribution in [0.4, 0.5) is 5.69 Å². The SMILES string of the molecule is CSc1nc2ccccc2c(=O)n1NC(=S)Nc1ccc(Cl)cc1. The first-order valence-electron chi connectivity index (χ1n) is 6.98. The maximum atomic E-state index is 12.7. The summed E-state index contributed by atoms with van der Waals surface area (Å²) in [4.78, 5) is 17.2. The summed E-state index contributed by atoms with van der Waals surface area (Å²) >= 11 is 12.5. The Morgan fingerprint density at radius 2 is 1.92 bits per heavy atom. The molecule has 0 bridgehead atoms. The number of nitrogens with zero attached hydrogens (tertiary/aromatic N) is 2. The molecule has 0 saturated heterocycles. The molecule has 122 valence electrons. The monoisotopic (exact) mass is 376 g/mol. The van der Waals surface area contributed by atoms with Gasteiger partial charge in [-0.3, -0.25) is 10.2 Å². The third kappa shape index (κ3) is 3.53. The molecule has 2 aromatic carbocycles. The van der Waals surface area contributed by atoms with Crippen molar-refractivity contribution >= 4 is 57.3 Å². The zero-order chi connectivity index (χ0) is 17.1. The van der Waals surface area contributed by atoms with E-state index in [4.69, 9.17) is 23.8 Å². The van der Waals surface area contributed by atoms with E-state index < -0.39 is 0 Å². The summed E-state index contributed by atoms with van der Waals surface area (Å²) in [6.45, 7) is 0. The molecule has 0 radical (unpaired) electrons. The highest BCUT2D eigenvalue weighted by Gasteiger charge is 2.11. The summed E-state index contributed by atoms with van der Waals surface area (Å²) in [5.41, 5.74) is 4.11. The van der Waals surface area contributed by atoms with E-state index >= 15 is 0 Å². The van der Waals surface area contributed by atoms with Crippen LogP contribution in [0, 0.1) is 0 Å². The Balaban J connectivity index is 1.91. The predicted octanol–water partition coefficient (Wildman–Crippen LogP) is 3.71. The summed E-state index contributed by atoms with van der Waals surface area (Å²) in [5.74, 6) is 0. The van der Waals surface area contributed by atoms with E-state index in [9.17, 15) is 4.79 Å². The van der Waals surface area contributed by atoms with Crippen LogP contribution in [0.3, 0.4) is 0 Å². The highest BCUT2D eigenvalue weighted by atomic mass is 35.5. The van der Waals surface area contributed by atoms with Gasteiger partial charge in [-0.05, 0) is 54.9 Å². The van der Waals surface area contributed by atoms with Gasteiger partial charge in [0.05, 0.1) is 10.9 Å². The van der Waals surface area contributed by atoms with Crippen LogP contribution in [0.5, 0.6) is 0 Å². The summed E-state index contributed by atoms with van der Waals surface area (Å²) < 4.78 is 1.35. The number of aromatic nitrogens is 2. The average molecular weight is 377 g/mol. The van der Waals surface area contributed by atoms with Crippen LogP contribution in [-0.4, -0.2) is 21.0 Å². The number of nitrogens with one attached hydrogen (secondary N) is 2. The first-order valence-corrected chi connectivity index (χ1v) is 8.99. The van der Waals surface area contributed by atoms with E-state index in [-0.39, 0.29) is 10.7 Å². The molecule has 2 N–H and O–H groups in total. The zero-order valence-electron chi connectivity index (χ0n) is 12.6. The van der Waals surface area contributed by atoms with Crippen LogP contribution in [-0.2, 0) is 0 Å². The molecule has 0 aliphatic carbocycles. The quantitative estimate of drug-likeness (QED) is 0.413. The molecule has 8 heteroatoms. The number of thiocarbonyl (C=S) groups is 1. The van der Waals surface area contributed by atoms with Gasteiger partial charge in [-0.15, -0.1) is 0 Å². The highest BCUT2D eigenvalue weighted by Crippen LogP contribution is 2.15. The Bertz CT molecular complexity index is 956. The fourth-order valence-electron chi connectivity index (χ4n) is 2.14. The molecule has 0 amide bonds. The molecule has 24 heavy (non-hydrogen) atoms. The molecule has 1 heterocycles. The number of rotatable bonds is 3. The van der Waals surface area contributed by atoms with E-state index in [1.54, 1.807) is 36.4 Å². The molecule has 0 spiro atoms. The van der Waals surface area contributed by atoms with Gasteiger partial charge >= 0.3 is 0 Å². The Kier molecular flexibility index (Phi) is 5.03.